The molecule has 2 atom stereocenters. The zero-order valence-electron chi connectivity index (χ0n) is 11.8. The van der Waals surface area contributed by atoms with Gasteiger partial charge in [0.05, 0.1) is 5.92 Å². The number of aromatic nitrogens is 2. The third-order valence-corrected chi connectivity index (χ3v) is 4.46. The Morgan fingerprint density at radius 1 is 1.40 bits per heavy atom. The van der Waals surface area contributed by atoms with Gasteiger partial charge in [0.25, 0.3) is 0 Å². The third-order valence-electron chi connectivity index (χ3n) is 4.46. The molecule has 0 bridgehead atoms. The van der Waals surface area contributed by atoms with E-state index in [0.29, 0.717) is 12.3 Å². The number of imidazole rings is 1. The largest absolute Gasteiger partial charge is 0.481 e. The van der Waals surface area contributed by atoms with Crippen molar-refractivity contribution in [1.29, 1.82) is 0 Å². The molecule has 0 saturated carbocycles. The molecule has 0 amide bonds. The Hall–Kier alpha value is -1.07. The van der Waals surface area contributed by atoms with E-state index < -0.39 is 5.97 Å². The van der Waals surface area contributed by atoms with Crippen LogP contribution >= 0.6 is 12.4 Å². The topological polar surface area (TPSA) is 58.4 Å². The fourth-order valence-corrected chi connectivity index (χ4v) is 3.40. The standard InChI is InChI=1S/C14H21N3O2.ClH/c1-16-5-2-3-11(9-16)13-15-8-12-7-10(14(18)19)4-6-17(12)13;/h8,10-11H,2-7,9H2,1H3,(H,18,19);1H. The minimum absolute atomic E-state index is 0. The lowest BCUT2D eigenvalue weighted by Gasteiger charge is -2.31. The fraction of sp³-hybridized carbons (Fsp3) is 0.714. The van der Waals surface area contributed by atoms with Crippen molar-refractivity contribution < 1.29 is 9.90 Å². The Morgan fingerprint density at radius 3 is 2.90 bits per heavy atom. The number of halogens is 1. The maximum absolute atomic E-state index is 11.1. The molecule has 2 aliphatic heterocycles. The molecule has 0 aromatic carbocycles. The minimum atomic E-state index is -0.675. The molecule has 0 spiro atoms. The van der Waals surface area contributed by atoms with Gasteiger partial charge in [-0.05, 0) is 32.9 Å². The van der Waals surface area contributed by atoms with Crippen LogP contribution in [-0.2, 0) is 17.8 Å². The predicted octanol–water partition coefficient (Wildman–Crippen LogP) is 1.76. The van der Waals surface area contributed by atoms with Gasteiger partial charge in [-0.15, -0.1) is 12.4 Å². The van der Waals surface area contributed by atoms with Gasteiger partial charge in [0.2, 0.25) is 0 Å². The van der Waals surface area contributed by atoms with Gasteiger partial charge in [-0.2, -0.15) is 0 Å². The van der Waals surface area contributed by atoms with Crippen molar-refractivity contribution in [1.82, 2.24) is 14.5 Å². The van der Waals surface area contributed by atoms with E-state index in [9.17, 15) is 4.79 Å². The van der Waals surface area contributed by atoms with E-state index in [4.69, 9.17) is 5.11 Å². The molecule has 20 heavy (non-hydrogen) atoms. The Bertz CT molecular complexity index is 489. The summed E-state index contributed by atoms with van der Waals surface area (Å²) in [5, 5.41) is 9.12. The maximum Gasteiger partial charge on any atom is 0.306 e. The van der Waals surface area contributed by atoms with E-state index in [1.807, 2.05) is 6.20 Å². The average molecular weight is 300 g/mol. The van der Waals surface area contributed by atoms with Crippen molar-refractivity contribution in [2.24, 2.45) is 5.92 Å². The van der Waals surface area contributed by atoms with Crippen LogP contribution in [0.5, 0.6) is 0 Å². The van der Waals surface area contributed by atoms with Gasteiger partial charge in [0, 0.05) is 37.3 Å². The second kappa shape index (κ2) is 6.14. The number of piperidine rings is 1. The minimum Gasteiger partial charge on any atom is -0.481 e. The summed E-state index contributed by atoms with van der Waals surface area (Å²) in [6, 6.07) is 0. The summed E-state index contributed by atoms with van der Waals surface area (Å²) in [6.45, 7) is 3.05. The van der Waals surface area contributed by atoms with Crippen LogP contribution in [-0.4, -0.2) is 45.7 Å². The van der Waals surface area contributed by atoms with Gasteiger partial charge in [0.1, 0.15) is 5.82 Å². The van der Waals surface area contributed by atoms with Crippen molar-refractivity contribution in [2.75, 3.05) is 20.1 Å². The summed E-state index contributed by atoms with van der Waals surface area (Å²) in [6.07, 6.45) is 5.67. The van der Waals surface area contributed by atoms with E-state index in [1.165, 1.54) is 25.2 Å². The number of hydrogen-bond acceptors (Lipinski definition) is 3. The Labute approximate surface area is 125 Å². The Balaban J connectivity index is 0.00000147. The van der Waals surface area contributed by atoms with Crippen LogP contribution < -0.4 is 0 Å². The first-order valence-corrected chi connectivity index (χ1v) is 7.11. The summed E-state index contributed by atoms with van der Waals surface area (Å²) < 4.78 is 2.27. The van der Waals surface area contributed by atoms with Crippen LogP contribution in [0.2, 0.25) is 0 Å². The van der Waals surface area contributed by atoms with Crippen LogP contribution in [0.15, 0.2) is 6.20 Å². The van der Waals surface area contributed by atoms with Crippen molar-refractivity contribution in [3.8, 4) is 0 Å². The zero-order chi connectivity index (χ0) is 13.4. The lowest BCUT2D eigenvalue weighted by atomic mass is 9.94. The number of nitrogens with zero attached hydrogens (tertiary/aromatic N) is 3. The van der Waals surface area contributed by atoms with Crippen LogP contribution in [0.1, 0.15) is 36.7 Å². The lowest BCUT2D eigenvalue weighted by molar-refractivity contribution is -0.142. The van der Waals surface area contributed by atoms with Gasteiger partial charge in [-0.1, -0.05) is 0 Å². The molecule has 2 aliphatic rings. The van der Waals surface area contributed by atoms with Crippen molar-refractivity contribution in [3.05, 3.63) is 17.7 Å². The molecule has 5 nitrogen and oxygen atoms in total. The lowest BCUT2D eigenvalue weighted by Crippen LogP contribution is -2.33. The number of carbonyl (C=O) groups is 1. The highest BCUT2D eigenvalue weighted by Crippen LogP contribution is 2.29. The van der Waals surface area contributed by atoms with Gasteiger partial charge in [0.15, 0.2) is 0 Å². The fourth-order valence-electron chi connectivity index (χ4n) is 3.40. The van der Waals surface area contributed by atoms with Gasteiger partial charge in [-0.3, -0.25) is 4.79 Å². The highest BCUT2D eigenvalue weighted by molar-refractivity contribution is 5.85. The first-order chi connectivity index (χ1) is 9.15. The quantitative estimate of drug-likeness (QED) is 0.904. The molecule has 1 aromatic heterocycles. The first-order valence-electron chi connectivity index (χ1n) is 7.11. The number of hydrogen-bond donors (Lipinski definition) is 1. The van der Waals surface area contributed by atoms with E-state index in [0.717, 1.165) is 25.2 Å². The van der Waals surface area contributed by atoms with Crippen molar-refractivity contribution >= 4 is 18.4 Å². The number of likely N-dealkylation sites (tertiary alicyclic amines) is 1. The first kappa shape index (κ1) is 15.3. The van der Waals surface area contributed by atoms with Crippen molar-refractivity contribution in [2.45, 2.75) is 38.1 Å². The summed E-state index contributed by atoms with van der Waals surface area (Å²) in [7, 11) is 2.16. The highest BCUT2D eigenvalue weighted by atomic mass is 35.5. The van der Waals surface area contributed by atoms with E-state index >= 15 is 0 Å². The summed E-state index contributed by atoms with van der Waals surface area (Å²) in [4.78, 5) is 18.0. The second-order valence-electron chi connectivity index (χ2n) is 5.89. The van der Waals surface area contributed by atoms with E-state index in [2.05, 4.69) is 21.5 Å². The zero-order valence-corrected chi connectivity index (χ0v) is 12.6. The molecule has 1 saturated heterocycles. The second-order valence-corrected chi connectivity index (χ2v) is 5.89. The maximum atomic E-state index is 11.1. The molecule has 2 unspecified atom stereocenters. The molecular formula is C14H22ClN3O2. The number of fused-ring (bicyclic) bond motifs is 1. The average Bonchev–Trinajstić information content (AvgIpc) is 2.81. The number of likely N-dealkylation sites (N-methyl/N-ethyl adjacent to an activating group) is 1. The molecule has 1 N–H and O–H groups in total. The van der Waals surface area contributed by atoms with Crippen LogP contribution in [0.4, 0.5) is 0 Å². The number of aliphatic carboxylic acids is 1. The SMILES string of the molecule is CN1CCCC(c2ncc3n2CCC(C(=O)O)C3)C1.Cl. The molecule has 112 valence electrons. The molecule has 3 rings (SSSR count). The number of carboxylic acid groups (broad SMARTS) is 1. The van der Waals surface area contributed by atoms with Crippen LogP contribution in [0, 0.1) is 5.92 Å². The number of carboxylic acids is 1. The van der Waals surface area contributed by atoms with Gasteiger partial charge < -0.3 is 14.6 Å². The predicted molar refractivity (Wildman–Crippen MR) is 78.4 cm³/mol. The summed E-state index contributed by atoms with van der Waals surface area (Å²) in [5.41, 5.74) is 1.10. The highest BCUT2D eigenvalue weighted by Gasteiger charge is 2.29. The summed E-state index contributed by atoms with van der Waals surface area (Å²) in [5.74, 6) is 0.775. The Morgan fingerprint density at radius 2 is 2.20 bits per heavy atom. The van der Waals surface area contributed by atoms with Gasteiger partial charge in [-0.25, -0.2) is 4.98 Å². The molecule has 0 aliphatic carbocycles. The monoisotopic (exact) mass is 299 g/mol. The van der Waals surface area contributed by atoms with Gasteiger partial charge >= 0.3 is 5.97 Å². The molecule has 6 heteroatoms. The Kier molecular flexibility index (Phi) is 4.70. The smallest absolute Gasteiger partial charge is 0.306 e. The number of rotatable bonds is 2. The molecule has 0 radical (unpaired) electrons. The molecule has 1 aromatic rings. The van der Waals surface area contributed by atoms with E-state index in [-0.39, 0.29) is 18.3 Å². The summed E-state index contributed by atoms with van der Waals surface area (Å²) >= 11 is 0. The van der Waals surface area contributed by atoms with Crippen molar-refractivity contribution in [3.63, 3.8) is 0 Å². The third kappa shape index (κ3) is 2.83. The molecule has 3 heterocycles. The molecular weight excluding hydrogens is 278 g/mol. The van der Waals surface area contributed by atoms with Crippen LogP contribution in [0.3, 0.4) is 0 Å². The van der Waals surface area contributed by atoms with Crippen LogP contribution in [0.25, 0.3) is 0 Å². The normalized spacial score (nSPS) is 26.6. The van der Waals surface area contributed by atoms with E-state index in [1.54, 1.807) is 0 Å². The molecule has 1 fully saturated rings.